The molecule has 0 saturated carbocycles. The predicted octanol–water partition coefficient (Wildman–Crippen LogP) is 4.98. The average molecular weight is 458 g/mol. The molecule has 7 nitrogen and oxygen atoms in total. The van der Waals surface area contributed by atoms with Crippen LogP contribution in [0.4, 0.5) is 20.3 Å². The zero-order chi connectivity index (χ0) is 23.0. The molecule has 32 heavy (non-hydrogen) atoms. The first-order chi connectivity index (χ1) is 15.2. The van der Waals surface area contributed by atoms with Crippen molar-refractivity contribution in [3.8, 4) is 6.07 Å². The highest BCUT2D eigenvalue weighted by atomic mass is 32.1. The minimum absolute atomic E-state index is 0.0910. The van der Waals surface area contributed by atoms with Gasteiger partial charge >= 0.3 is 5.97 Å². The van der Waals surface area contributed by atoms with Gasteiger partial charge in [0.15, 0.2) is 11.5 Å². The highest BCUT2D eigenvalue weighted by Gasteiger charge is 2.35. The molecule has 166 valence electrons. The number of nitrogens with one attached hydrogen (secondary N) is 1. The number of carboxylic acids is 1. The Morgan fingerprint density at radius 1 is 1.34 bits per heavy atom. The molecule has 1 saturated heterocycles. The number of aromatic nitrogens is 2. The molecular formula is C22H21F2N5O2S. The van der Waals surface area contributed by atoms with E-state index in [4.69, 9.17) is 4.98 Å². The number of carboxylic acid groups (broad SMARTS) is 1. The maximum Gasteiger partial charge on any atom is 0.348 e. The molecule has 0 spiro atoms. The Morgan fingerprint density at radius 3 is 2.72 bits per heavy atom. The minimum Gasteiger partial charge on any atom is -0.477 e. The van der Waals surface area contributed by atoms with E-state index in [0.717, 1.165) is 22.5 Å². The van der Waals surface area contributed by atoms with Crippen molar-refractivity contribution >= 4 is 39.8 Å². The molecule has 3 aromatic rings. The van der Waals surface area contributed by atoms with Gasteiger partial charge in [0, 0.05) is 31.5 Å². The lowest BCUT2D eigenvalue weighted by Gasteiger charge is -2.33. The standard InChI is InChI=1S/C22H21F2N5O2S/c1-12-9-14(13(2)26-15-3-8-32-19(15)21(30)31)18-16(10-12)27-17(11-25)20(28-18)29-6-4-22(23,24)5-7-29/h3,8-10,13,26H,4-7H2,1-2H3,(H,30,31)/t13-/m1/s1. The third-order valence-corrected chi connectivity index (χ3v) is 6.43. The molecule has 0 amide bonds. The van der Waals surface area contributed by atoms with Crippen LogP contribution in [0.25, 0.3) is 11.0 Å². The van der Waals surface area contributed by atoms with E-state index in [1.165, 1.54) is 0 Å². The van der Waals surface area contributed by atoms with Crippen LogP contribution in [0.1, 0.15) is 52.3 Å². The molecule has 1 aromatic carbocycles. The van der Waals surface area contributed by atoms with Gasteiger partial charge in [0.1, 0.15) is 10.9 Å². The maximum absolute atomic E-state index is 13.6. The number of hydrogen-bond donors (Lipinski definition) is 2. The first kappa shape index (κ1) is 21.9. The van der Waals surface area contributed by atoms with Gasteiger partial charge in [0.05, 0.1) is 22.8 Å². The number of halogens is 2. The lowest BCUT2D eigenvalue weighted by atomic mass is 10.0. The van der Waals surface area contributed by atoms with Crippen LogP contribution in [0.3, 0.4) is 0 Å². The van der Waals surface area contributed by atoms with Gasteiger partial charge in [0.2, 0.25) is 0 Å². The molecule has 1 aliphatic rings. The monoisotopic (exact) mass is 457 g/mol. The summed E-state index contributed by atoms with van der Waals surface area (Å²) in [6, 6.07) is 7.20. The largest absolute Gasteiger partial charge is 0.477 e. The second-order valence-corrected chi connectivity index (χ2v) is 8.82. The Kier molecular flexibility index (Phi) is 5.69. The summed E-state index contributed by atoms with van der Waals surface area (Å²) in [5, 5.41) is 23.9. The average Bonchev–Trinajstić information content (AvgIpc) is 3.20. The van der Waals surface area contributed by atoms with Gasteiger partial charge in [-0.15, -0.1) is 11.3 Å². The number of hydrogen-bond acceptors (Lipinski definition) is 7. The molecular weight excluding hydrogens is 436 g/mol. The molecule has 3 heterocycles. The lowest BCUT2D eigenvalue weighted by Crippen LogP contribution is -2.40. The van der Waals surface area contributed by atoms with Crippen molar-refractivity contribution in [2.75, 3.05) is 23.3 Å². The number of nitriles is 1. The van der Waals surface area contributed by atoms with Crippen LogP contribution in [-0.4, -0.2) is 40.1 Å². The molecule has 1 fully saturated rings. The van der Waals surface area contributed by atoms with Crippen LogP contribution in [-0.2, 0) is 0 Å². The van der Waals surface area contributed by atoms with Crippen LogP contribution in [0.5, 0.6) is 0 Å². The highest BCUT2D eigenvalue weighted by molar-refractivity contribution is 7.12. The summed E-state index contributed by atoms with van der Waals surface area (Å²) in [4.78, 5) is 22.5. The number of thiophene rings is 1. The number of nitrogens with zero attached hydrogens (tertiary/aromatic N) is 4. The summed E-state index contributed by atoms with van der Waals surface area (Å²) in [6.07, 6.45) is -0.598. The Balaban J connectivity index is 1.76. The molecule has 4 rings (SSSR count). The molecule has 0 bridgehead atoms. The van der Waals surface area contributed by atoms with E-state index >= 15 is 0 Å². The SMILES string of the molecule is Cc1cc([C@@H](C)Nc2ccsc2C(=O)O)c2nc(N3CCC(F)(F)CC3)c(C#N)nc2c1. The van der Waals surface area contributed by atoms with E-state index in [1.807, 2.05) is 32.0 Å². The Hall–Kier alpha value is -3.32. The Bertz CT molecular complexity index is 1230. The molecule has 0 aliphatic carbocycles. The van der Waals surface area contributed by atoms with Crippen molar-refractivity contribution in [1.29, 1.82) is 5.26 Å². The van der Waals surface area contributed by atoms with Crippen molar-refractivity contribution < 1.29 is 18.7 Å². The van der Waals surface area contributed by atoms with Crippen molar-refractivity contribution in [1.82, 2.24) is 9.97 Å². The van der Waals surface area contributed by atoms with Crippen LogP contribution in [0, 0.1) is 18.3 Å². The summed E-state index contributed by atoms with van der Waals surface area (Å²) in [7, 11) is 0. The third kappa shape index (κ3) is 4.21. The van der Waals surface area contributed by atoms with Crippen molar-refractivity contribution in [2.24, 2.45) is 0 Å². The summed E-state index contributed by atoms with van der Waals surface area (Å²) in [5.74, 6) is -3.42. The van der Waals surface area contributed by atoms with Crippen molar-refractivity contribution in [3.63, 3.8) is 0 Å². The quantitative estimate of drug-likeness (QED) is 0.557. The zero-order valence-electron chi connectivity index (χ0n) is 17.5. The first-order valence-corrected chi connectivity index (χ1v) is 11.0. The molecule has 2 N–H and O–H groups in total. The van der Waals surface area contributed by atoms with E-state index in [0.29, 0.717) is 22.5 Å². The molecule has 1 atom stereocenters. The van der Waals surface area contributed by atoms with Gasteiger partial charge in [-0.25, -0.2) is 23.5 Å². The normalized spacial score (nSPS) is 16.5. The maximum atomic E-state index is 13.6. The number of alkyl halides is 2. The fourth-order valence-electron chi connectivity index (χ4n) is 3.89. The van der Waals surface area contributed by atoms with Crippen LogP contribution < -0.4 is 10.2 Å². The first-order valence-electron chi connectivity index (χ1n) is 10.1. The Labute approximate surface area is 187 Å². The van der Waals surface area contributed by atoms with E-state index in [-0.39, 0.29) is 42.5 Å². The summed E-state index contributed by atoms with van der Waals surface area (Å²) in [6.45, 7) is 3.97. The fourth-order valence-corrected chi connectivity index (χ4v) is 4.59. The number of aryl methyl sites for hydroxylation is 1. The van der Waals surface area contributed by atoms with Crippen LogP contribution >= 0.6 is 11.3 Å². The third-order valence-electron chi connectivity index (χ3n) is 5.52. The zero-order valence-corrected chi connectivity index (χ0v) is 18.3. The van der Waals surface area contributed by atoms with Crippen LogP contribution in [0.15, 0.2) is 23.6 Å². The predicted molar refractivity (Wildman–Crippen MR) is 119 cm³/mol. The van der Waals surface area contributed by atoms with Gasteiger partial charge in [-0.2, -0.15) is 5.26 Å². The summed E-state index contributed by atoms with van der Waals surface area (Å²) < 4.78 is 27.3. The fraction of sp³-hybridized carbons (Fsp3) is 0.364. The lowest BCUT2D eigenvalue weighted by molar-refractivity contribution is -0.0221. The molecule has 0 unspecified atom stereocenters. The topological polar surface area (TPSA) is 102 Å². The smallest absolute Gasteiger partial charge is 0.348 e. The molecule has 1 aliphatic heterocycles. The van der Waals surface area contributed by atoms with E-state index in [2.05, 4.69) is 10.3 Å². The molecule has 10 heteroatoms. The molecule has 0 radical (unpaired) electrons. The number of benzene rings is 1. The van der Waals surface area contributed by atoms with E-state index in [9.17, 15) is 23.9 Å². The van der Waals surface area contributed by atoms with E-state index in [1.54, 1.807) is 16.3 Å². The van der Waals surface area contributed by atoms with Gasteiger partial charge in [0.25, 0.3) is 5.92 Å². The highest BCUT2D eigenvalue weighted by Crippen LogP contribution is 2.34. The number of aromatic carboxylic acids is 1. The number of rotatable bonds is 5. The van der Waals surface area contributed by atoms with Crippen molar-refractivity contribution in [3.05, 3.63) is 45.3 Å². The van der Waals surface area contributed by atoms with Gasteiger partial charge in [-0.1, -0.05) is 6.07 Å². The number of piperidine rings is 1. The van der Waals surface area contributed by atoms with Crippen LogP contribution in [0.2, 0.25) is 0 Å². The van der Waals surface area contributed by atoms with Crippen molar-refractivity contribution in [2.45, 2.75) is 38.7 Å². The summed E-state index contributed by atoms with van der Waals surface area (Å²) >= 11 is 1.13. The van der Waals surface area contributed by atoms with Gasteiger partial charge in [-0.3, -0.25) is 0 Å². The molecule has 2 aromatic heterocycles. The minimum atomic E-state index is -2.71. The Morgan fingerprint density at radius 2 is 2.06 bits per heavy atom. The second-order valence-electron chi connectivity index (χ2n) is 7.91. The van der Waals surface area contributed by atoms with Gasteiger partial charge in [-0.05, 0) is 36.9 Å². The number of carbonyl (C=O) groups is 1. The summed E-state index contributed by atoms with van der Waals surface area (Å²) in [5.41, 5.74) is 3.38. The van der Waals surface area contributed by atoms with Gasteiger partial charge < -0.3 is 15.3 Å². The number of anilines is 2. The van der Waals surface area contributed by atoms with E-state index < -0.39 is 11.9 Å². The number of fused-ring (bicyclic) bond motifs is 1. The second kappa shape index (κ2) is 8.31.